The first kappa shape index (κ1) is 22.9. The summed E-state index contributed by atoms with van der Waals surface area (Å²) in [5, 5.41) is 10.7. The number of nitrogens with one attached hydrogen (secondary N) is 1. The first-order chi connectivity index (χ1) is 16.3. The van der Waals surface area contributed by atoms with Crippen LogP contribution in [-0.4, -0.2) is 30.4 Å². The van der Waals surface area contributed by atoms with Crippen LogP contribution in [-0.2, 0) is 16.4 Å². The third-order valence-electron chi connectivity index (χ3n) is 6.97. The van der Waals surface area contributed by atoms with Crippen LogP contribution in [0.4, 0.5) is 8.78 Å². The lowest BCUT2D eigenvalue weighted by molar-refractivity contribution is 0.149. The molecule has 3 aromatic rings. The van der Waals surface area contributed by atoms with Crippen molar-refractivity contribution in [3.8, 4) is 17.5 Å². The molecule has 0 radical (unpaired) electrons. The average molecular weight is 485 g/mol. The summed E-state index contributed by atoms with van der Waals surface area (Å²) in [5.41, 5.74) is 2.78. The first-order valence-electron chi connectivity index (χ1n) is 11.6. The molecule has 9 heteroatoms. The van der Waals surface area contributed by atoms with Crippen LogP contribution in [0, 0.1) is 17.2 Å². The van der Waals surface area contributed by atoms with E-state index in [0.29, 0.717) is 33.8 Å². The number of fused-ring (bicyclic) bond motifs is 1. The molecule has 0 unspecified atom stereocenters. The molecule has 2 saturated carbocycles. The van der Waals surface area contributed by atoms with E-state index in [1.54, 1.807) is 24.3 Å². The molecule has 5 rings (SSSR count). The van der Waals surface area contributed by atoms with Crippen molar-refractivity contribution in [2.45, 2.75) is 68.9 Å². The maximum atomic E-state index is 13.0. The second-order valence-electron chi connectivity index (χ2n) is 9.36. The SMILES string of the molecule is C[C@H](NS(=O)(=O)c1ccc(-c2c(C#N)c3ccc(CC(F)F)cc3n2C2CCC2)nc1)C1CC1. The van der Waals surface area contributed by atoms with Crippen molar-refractivity contribution in [1.82, 2.24) is 14.3 Å². The number of nitrogens with zero attached hydrogens (tertiary/aromatic N) is 3. The topological polar surface area (TPSA) is 87.8 Å². The number of pyridine rings is 1. The molecule has 6 nitrogen and oxygen atoms in total. The summed E-state index contributed by atoms with van der Waals surface area (Å²) in [5.74, 6) is 0.383. The molecular formula is C25H26F2N4O2S. The average Bonchev–Trinajstić information content (AvgIpc) is 3.56. The minimum atomic E-state index is -3.70. The highest BCUT2D eigenvalue weighted by atomic mass is 32.2. The van der Waals surface area contributed by atoms with Crippen LogP contribution in [0.25, 0.3) is 22.3 Å². The van der Waals surface area contributed by atoms with Gasteiger partial charge in [0.2, 0.25) is 16.4 Å². The number of alkyl halides is 2. The summed E-state index contributed by atoms with van der Waals surface area (Å²) in [6.45, 7) is 1.87. The van der Waals surface area contributed by atoms with E-state index >= 15 is 0 Å². The van der Waals surface area contributed by atoms with Crippen molar-refractivity contribution in [1.29, 1.82) is 5.26 Å². The number of sulfonamides is 1. The Labute approximate surface area is 197 Å². The summed E-state index contributed by atoms with van der Waals surface area (Å²) in [6.07, 6.45) is 3.49. The highest BCUT2D eigenvalue weighted by Crippen LogP contribution is 2.42. The molecule has 0 amide bonds. The fourth-order valence-corrected chi connectivity index (χ4v) is 5.99. The van der Waals surface area contributed by atoms with Gasteiger partial charge in [-0.15, -0.1) is 0 Å². The van der Waals surface area contributed by atoms with Crippen LogP contribution < -0.4 is 4.72 Å². The van der Waals surface area contributed by atoms with Gasteiger partial charge in [-0.25, -0.2) is 21.9 Å². The normalized spacial score (nSPS) is 17.6. The van der Waals surface area contributed by atoms with Crippen LogP contribution in [0.3, 0.4) is 0 Å². The van der Waals surface area contributed by atoms with Gasteiger partial charge in [0.05, 0.1) is 22.5 Å². The van der Waals surface area contributed by atoms with Gasteiger partial charge in [-0.1, -0.05) is 12.1 Å². The Morgan fingerprint density at radius 2 is 1.97 bits per heavy atom. The van der Waals surface area contributed by atoms with E-state index in [9.17, 15) is 22.5 Å². The minimum Gasteiger partial charge on any atom is -0.335 e. The number of halogens is 2. The smallest absolute Gasteiger partial charge is 0.242 e. The molecule has 1 N–H and O–H groups in total. The fourth-order valence-electron chi connectivity index (χ4n) is 4.73. The molecule has 1 aromatic carbocycles. The standard InChI is InChI=1S/C25H26F2N4O2S/c1-15(17-6-7-17)30-34(32,33)19-8-10-22(29-14-19)25-21(13-28)20-9-5-16(12-24(26)27)11-23(20)31(25)18-3-2-4-18/h5,8-11,14-15,17-18,24,30H,2-4,6-7,12H2,1H3/t15-/m0/s1. The van der Waals surface area contributed by atoms with Gasteiger partial charge in [-0.2, -0.15) is 5.26 Å². The Kier molecular flexibility index (Phi) is 5.90. The van der Waals surface area contributed by atoms with E-state index in [2.05, 4.69) is 15.8 Å². The molecule has 1 atom stereocenters. The lowest BCUT2D eigenvalue weighted by Gasteiger charge is -2.30. The number of aromatic nitrogens is 2. The number of hydrogen-bond donors (Lipinski definition) is 1. The van der Waals surface area contributed by atoms with E-state index in [1.165, 1.54) is 12.3 Å². The molecule has 34 heavy (non-hydrogen) atoms. The molecule has 0 bridgehead atoms. The van der Waals surface area contributed by atoms with Gasteiger partial charge >= 0.3 is 0 Å². The zero-order valence-corrected chi connectivity index (χ0v) is 19.7. The van der Waals surface area contributed by atoms with Gasteiger partial charge in [0, 0.05) is 30.1 Å². The summed E-state index contributed by atoms with van der Waals surface area (Å²) in [6, 6.07) is 10.5. The van der Waals surface area contributed by atoms with Crippen molar-refractivity contribution >= 4 is 20.9 Å². The van der Waals surface area contributed by atoms with E-state index in [-0.39, 0.29) is 23.4 Å². The summed E-state index contributed by atoms with van der Waals surface area (Å²) in [4.78, 5) is 4.52. The molecule has 178 valence electrons. The van der Waals surface area contributed by atoms with Gasteiger partial charge in [-0.05, 0) is 68.7 Å². The van der Waals surface area contributed by atoms with Crippen molar-refractivity contribution in [2.24, 2.45) is 5.92 Å². The maximum Gasteiger partial charge on any atom is 0.242 e. The maximum absolute atomic E-state index is 13.0. The van der Waals surface area contributed by atoms with E-state index in [4.69, 9.17) is 0 Å². The largest absolute Gasteiger partial charge is 0.335 e. The quantitative estimate of drug-likeness (QED) is 0.477. The van der Waals surface area contributed by atoms with E-state index < -0.39 is 16.4 Å². The molecule has 2 fully saturated rings. The number of rotatable bonds is 8. The van der Waals surface area contributed by atoms with Crippen molar-refractivity contribution in [3.63, 3.8) is 0 Å². The summed E-state index contributed by atoms with van der Waals surface area (Å²) >= 11 is 0. The Morgan fingerprint density at radius 1 is 1.21 bits per heavy atom. The second kappa shape index (κ2) is 8.75. The summed E-state index contributed by atoms with van der Waals surface area (Å²) in [7, 11) is -3.70. The predicted octanol–water partition coefficient (Wildman–Crippen LogP) is 5.18. The van der Waals surface area contributed by atoms with E-state index in [1.807, 2.05) is 11.5 Å². The van der Waals surface area contributed by atoms with Crippen molar-refractivity contribution in [3.05, 3.63) is 47.7 Å². The van der Waals surface area contributed by atoms with Crippen LogP contribution in [0.2, 0.25) is 0 Å². The van der Waals surface area contributed by atoms with Crippen LogP contribution in [0.1, 0.15) is 56.2 Å². The third kappa shape index (κ3) is 4.21. The van der Waals surface area contributed by atoms with Gasteiger partial charge in [0.25, 0.3) is 0 Å². The Bertz CT molecular complexity index is 1370. The fraction of sp³-hybridized carbons (Fsp3) is 0.440. The first-order valence-corrected chi connectivity index (χ1v) is 13.1. The monoisotopic (exact) mass is 484 g/mol. The van der Waals surface area contributed by atoms with Crippen LogP contribution in [0.15, 0.2) is 41.4 Å². The van der Waals surface area contributed by atoms with Gasteiger partial charge in [-0.3, -0.25) is 4.98 Å². The molecular weight excluding hydrogens is 458 g/mol. The molecule has 2 aliphatic rings. The lowest BCUT2D eigenvalue weighted by Crippen LogP contribution is -2.34. The predicted molar refractivity (Wildman–Crippen MR) is 125 cm³/mol. The second-order valence-corrected chi connectivity index (χ2v) is 11.1. The highest BCUT2D eigenvalue weighted by Gasteiger charge is 2.32. The van der Waals surface area contributed by atoms with Crippen molar-refractivity contribution < 1.29 is 17.2 Å². The van der Waals surface area contributed by atoms with Crippen LogP contribution in [0.5, 0.6) is 0 Å². The molecule has 0 spiro atoms. The number of benzene rings is 1. The highest BCUT2D eigenvalue weighted by molar-refractivity contribution is 7.89. The van der Waals surface area contributed by atoms with E-state index in [0.717, 1.165) is 37.6 Å². The summed E-state index contributed by atoms with van der Waals surface area (Å²) < 4.78 is 56.3. The number of hydrogen-bond acceptors (Lipinski definition) is 4. The Balaban J connectivity index is 1.58. The zero-order chi connectivity index (χ0) is 24.0. The number of nitriles is 1. The van der Waals surface area contributed by atoms with Gasteiger partial charge in [0.15, 0.2) is 0 Å². The Morgan fingerprint density at radius 3 is 2.53 bits per heavy atom. The van der Waals surface area contributed by atoms with Crippen molar-refractivity contribution in [2.75, 3.05) is 0 Å². The molecule has 0 aliphatic heterocycles. The third-order valence-corrected chi connectivity index (χ3v) is 8.51. The minimum absolute atomic E-state index is 0.0767. The molecule has 2 heterocycles. The van der Waals surface area contributed by atoms with Crippen LogP contribution >= 0.6 is 0 Å². The Hall–Kier alpha value is -2.83. The molecule has 0 saturated heterocycles. The lowest BCUT2D eigenvalue weighted by atomic mass is 9.92. The zero-order valence-electron chi connectivity index (χ0n) is 18.8. The molecule has 2 aromatic heterocycles. The van der Waals surface area contributed by atoms with Gasteiger partial charge in [0.1, 0.15) is 11.0 Å². The van der Waals surface area contributed by atoms with Gasteiger partial charge < -0.3 is 4.57 Å². The molecule has 2 aliphatic carbocycles.